The van der Waals surface area contributed by atoms with Crippen LogP contribution in [0, 0.1) is 0 Å². The molecule has 94 valence electrons. The minimum atomic E-state index is 0.268. The topological polar surface area (TPSA) is 55.6 Å². The molecule has 1 N–H and O–H groups in total. The Labute approximate surface area is 106 Å². The molecule has 0 saturated carbocycles. The van der Waals surface area contributed by atoms with Gasteiger partial charge in [-0.3, -0.25) is 4.98 Å². The molecule has 1 atom stereocenters. The van der Waals surface area contributed by atoms with Crippen LogP contribution in [0.5, 0.6) is 0 Å². The van der Waals surface area contributed by atoms with Crippen LogP contribution in [0.2, 0.25) is 0 Å². The predicted octanol–water partition coefficient (Wildman–Crippen LogP) is 2.20. The zero-order chi connectivity index (χ0) is 12.5. The van der Waals surface area contributed by atoms with Gasteiger partial charge in [0.25, 0.3) is 0 Å². The van der Waals surface area contributed by atoms with E-state index in [1.165, 1.54) is 5.56 Å². The van der Waals surface area contributed by atoms with Crippen LogP contribution in [-0.4, -0.2) is 26.3 Å². The van der Waals surface area contributed by atoms with E-state index in [0.29, 0.717) is 5.92 Å². The Hall–Kier alpha value is -1.91. The molecule has 3 heterocycles. The van der Waals surface area contributed by atoms with Gasteiger partial charge in [0, 0.05) is 24.9 Å². The van der Waals surface area contributed by atoms with Gasteiger partial charge in [0.2, 0.25) is 5.95 Å². The zero-order valence-corrected chi connectivity index (χ0v) is 10.7. The van der Waals surface area contributed by atoms with Gasteiger partial charge in [-0.15, -0.1) is 0 Å². The summed E-state index contributed by atoms with van der Waals surface area (Å²) in [5, 5.41) is 7.94. The normalized spacial score (nSPS) is 18.5. The first kappa shape index (κ1) is 11.2. The second kappa shape index (κ2) is 4.40. The number of rotatable bonds is 2. The molecular formula is C13H17N5. The van der Waals surface area contributed by atoms with E-state index in [9.17, 15) is 0 Å². The molecule has 3 rings (SSSR count). The maximum Gasteiger partial charge on any atom is 0.221 e. The third kappa shape index (κ3) is 1.85. The summed E-state index contributed by atoms with van der Waals surface area (Å²) in [5.41, 5.74) is 1.24. The average molecular weight is 243 g/mol. The van der Waals surface area contributed by atoms with Crippen LogP contribution in [0.1, 0.15) is 43.6 Å². The molecular weight excluding hydrogens is 226 g/mol. The summed E-state index contributed by atoms with van der Waals surface area (Å²) >= 11 is 0. The molecule has 2 aromatic rings. The average Bonchev–Trinajstić information content (AvgIpc) is 2.83. The highest BCUT2D eigenvalue weighted by molar-refractivity contribution is 5.32. The third-order valence-electron chi connectivity index (χ3n) is 3.25. The fourth-order valence-corrected chi connectivity index (χ4v) is 2.26. The fourth-order valence-electron chi connectivity index (χ4n) is 2.26. The number of pyridine rings is 1. The molecule has 0 amide bonds. The second-order valence-corrected chi connectivity index (χ2v) is 4.90. The van der Waals surface area contributed by atoms with Crippen LogP contribution in [0.15, 0.2) is 24.5 Å². The lowest BCUT2D eigenvalue weighted by Gasteiger charge is -2.24. The maximum atomic E-state index is 4.63. The number of hydrogen-bond donors (Lipinski definition) is 1. The van der Waals surface area contributed by atoms with Gasteiger partial charge in [-0.1, -0.05) is 13.8 Å². The Kier molecular flexibility index (Phi) is 2.74. The maximum absolute atomic E-state index is 4.63. The van der Waals surface area contributed by atoms with E-state index in [-0.39, 0.29) is 6.04 Å². The van der Waals surface area contributed by atoms with Gasteiger partial charge >= 0.3 is 0 Å². The highest BCUT2D eigenvalue weighted by Crippen LogP contribution is 2.28. The molecule has 1 aliphatic rings. The molecule has 0 bridgehead atoms. The largest absolute Gasteiger partial charge is 0.354 e. The first-order chi connectivity index (χ1) is 8.75. The van der Waals surface area contributed by atoms with Gasteiger partial charge in [0.15, 0.2) is 5.82 Å². The lowest BCUT2D eigenvalue weighted by Crippen LogP contribution is -2.24. The summed E-state index contributed by atoms with van der Waals surface area (Å²) in [6.45, 7) is 5.16. The Morgan fingerprint density at radius 1 is 1.33 bits per heavy atom. The van der Waals surface area contributed by atoms with Crippen molar-refractivity contribution in [3.8, 4) is 0 Å². The molecule has 5 heteroatoms. The molecule has 0 fully saturated rings. The van der Waals surface area contributed by atoms with Crippen molar-refractivity contribution in [3.63, 3.8) is 0 Å². The summed E-state index contributed by atoms with van der Waals surface area (Å²) in [4.78, 5) is 8.62. The van der Waals surface area contributed by atoms with E-state index < -0.39 is 0 Å². The molecule has 0 aliphatic carbocycles. The van der Waals surface area contributed by atoms with Crippen LogP contribution in [0.4, 0.5) is 5.95 Å². The van der Waals surface area contributed by atoms with Crippen LogP contribution < -0.4 is 5.32 Å². The minimum Gasteiger partial charge on any atom is -0.354 e. The number of fused-ring (bicyclic) bond motifs is 1. The van der Waals surface area contributed by atoms with Gasteiger partial charge in [0.05, 0.1) is 6.04 Å². The summed E-state index contributed by atoms with van der Waals surface area (Å²) in [6, 6.07) is 4.37. The quantitative estimate of drug-likeness (QED) is 0.878. The number of anilines is 1. The molecule has 0 spiro atoms. The molecule has 5 nitrogen and oxygen atoms in total. The van der Waals surface area contributed by atoms with E-state index in [4.69, 9.17) is 0 Å². The first-order valence-electron chi connectivity index (χ1n) is 6.36. The molecule has 1 unspecified atom stereocenters. The van der Waals surface area contributed by atoms with Crippen molar-refractivity contribution in [2.45, 2.75) is 32.2 Å². The zero-order valence-electron chi connectivity index (χ0n) is 10.7. The van der Waals surface area contributed by atoms with E-state index in [1.54, 1.807) is 0 Å². The number of nitrogens with zero attached hydrogens (tertiary/aromatic N) is 4. The second-order valence-electron chi connectivity index (χ2n) is 4.90. The summed E-state index contributed by atoms with van der Waals surface area (Å²) < 4.78 is 2.01. The third-order valence-corrected chi connectivity index (χ3v) is 3.25. The summed E-state index contributed by atoms with van der Waals surface area (Å²) in [6.07, 6.45) is 4.69. The smallest absolute Gasteiger partial charge is 0.221 e. The standard InChI is InChI=1S/C13H17N5/c1-9(2)12-16-13-15-8-5-11(18(13)17-12)10-3-6-14-7-4-10/h3-4,6-7,9,11H,5,8H2,1-2H3,(H,15,16,17). The van der Waals surface area contributed by atoms with Gasteiger partial charge < -0.3 is 5.32 Å². The van der Waals surface area contributed by atoms with Crippen molar-refractivity contribution < 1.29 is 0 Å². The van der Waals surface area contributed by atoms with Crippen LogP contribution in [0.3, 0.4) is 0 Å². The van der Waals surface area contributed by atoms with E-state index in [0.717, 1.165) is 24.7 Å². The van der Waals surface area contributed by atoms with Gasteiger partial charge in [0.1, 0.15) is 0 Å². The lowest BCUT2D eigenvalue weighted by molar-refractivity contribution is 0.475. The predicted molar refractivity (Wildman–Crippen MR) is 69.6 cm³/mol. The Bertz CT molecular complexity index is 532. The minimum absolute atomic E-state index is 0.268. The number of hydrogen-bond acceptors (Lipinski definition) is 4. The van der Waals surface area contributed by atoms with E-state index in [1.807, 2.05) is 17.1 Å². The van der Waals surface area contributed by atoms with Gasteiger partial charge in [-0.05, 0) is 24.1 Å². The van der Waals surface area contributed by atoms with Crippen molar-refractivity contribution in [3.05, 3.63) is 35.9 Å². The van der Waals surface area contributed by atoms with Gasteiger partial charge in [-0.2, -0.15) is 10.1 Å². The van der Waals surface area contributed by atoms with E-state index in [2.05, 4.69) is 46.4 Å². The van der Waals surface area contributed by atoms with Crippen molar-refractivity contribution >= 4 is 5.95 Å². The number of nitrogens with one attached hydrogen (secondary N) is 1. The van der Waals surface area contributed by atoms with Crippen LogP contribution in [-0.2, 0) is 0 Å². The molecule has 1 aliphatic heterocycles. The van der Waals surface area contributed by atoms with Crippen molar-refractivity contribution in [2.75, 3.05) is 11.9 Å². The molecule has 0 radical (unpaired) electrons. The van der Waals surface area contributed by atoms with Crippen molar-refractivity contribution in [1.29, 1.82) is 0 Å². The molecule has 18 heavy (non-hydrogen) atoms. The molecule has 0 saturated heterocycles. The lowest BCUT2D eigenvalue weighted by atomic mass is 10.0. The van der Waals surface area contributed by atoms with E-state index >= 15 is 0 Å². The molecule has 0 aromatic carbocycles. The highest BCUT2D eigenvalue weighted by atomic mass is 15.4. The first-order valence-corrected chi connectivity index (χ1v) is 6.36. The Morgan fingerprint density at radius 2 is 2.11 bits per heavy atom. The highest BCUT2D eigenvalue weighted by Gasteiger charge is 2.24. The van der Waals surface area contributed by atoms with Crippen molar-refractivity contribution in [2.24, 2.45) is 0 Å². The molecule has 2 aromatic heterocycles. The SMILES string of the molecule is CC(C)c1nc2n(n1)C(c1ccncc1)CCN2. The Morgan fingerprint density at radius 3 is 2.83 bits per heavy atom. The fraction of sp³-hybridized carbons (Fsp3) is 0.462. The van der Waals surface area contributed by atoms with Gasteiger partial charge in [-0.25, -0.2) is 4.68 Å². The van der Waals surface area contributed by atoms with Crippen LogP contribution in [0.25, 0.3) is 0 Å². The van der Waals surface area contributed by atoms with Crippen molar-refractivity contribution in [1.82, 2.24) is 19.7 Å². The Balaban J connectivity index is 2.01. The summed E-state index contributed by atoms with van der Waals surface area (Å²) in [5.74, 6) is 2.13. The monoisotopic (exact) mass is 243 g/mol. The number of aromatic nitrogens is 4. The van der Waals surface area contributed by atoms with Crippen LogP contribution >= 0.6 is 0 Å². The summed E-state index contributed by atoms with van der Waals surface area (Å²) in [7, 11) is 0.